The van der Waals surface area contributed by atoms with Crippen LogP contribution in [0.5, 0.6) is 0 Å². The molecule has 1 nitrogen and oxygen atoms in total. The largest absolute Gasteiger partial charge is 0.320 e. The highest BCUT2D eigenvalue weighted by atomic mass is 14.8. The first-order chi connectivity index (χ1) is 8.36. The van der Waals surface area contributed by atoms with Crippen molar-refractivity contribution in [2.75, 3.05) is 13.6 Å². The zero-order valence-corrected chi connectivity index (χ0v) is 13.0. The summed E-state index contributed by atoms with van der Waals surface area (Å²) in [5, 5.41) is 3.21. The van der Waals surface area contributed by atoms with E-state index in [0.717, 1.165) is 6.54 Å². The predicted molar refractivity (Wildman–Crippen MR) is 81.5 cm³/mol. The van der Waals surface area contributed by atoms with Crippen LogP contribution >= 0.6 is 0 Å². The molecule has 1 aromatic carbocycles. The van der Waals surface area contributed by atoms with Crippen molar-refractivity contribution in [1.82, 2.24) is 5.32 Å². The number of hydrogen-bond donors (Lipinski definition) is 1. The van der Waals surface area contributed by atoms with Crippen molar-refractivity contribution in [3.05, 3.63) is 34.4 Å². The Balaban J connectivity index is 2.82. The summed E-state index contributed by atoms with van der Waals surface area (Å²) in [6.45, 7) is 12.5. The molecule has 0 aliphatic heterocycles. The Bertz CT molecular complexity index is 362. The molecular formula is C17H29N. The van der Waals surface area contributed by atoms with Crippen LogP contribution in [0.25, 0.3) is 0 Å². The number of nitrogens with one attached hydrogen (secondary N) is 1. The van der Waals surface area contributed by atoms with Crippen molar-refractivity contribution in [2.24, 2.45) is 0 Å². The van der Waals surface area contributed by atoms with Gasteiger partial charge in [-0.05, 0) is 74.4 Å². The van der Waals surface area contributed by atoms with E-state index in [4.69, 9.17) is 0 Å². The van der Waals surface area contributed by atoms with Crippen LogP contribution in [-0.4, -0.2) is 13.6 Å². The first-order valence-electron chi connectivity index (χ1n) is 7.11. The molecule has 0 amide bonds. The van der Waals surface area contributed by atoms with E-state index in [1.54, 1.807) is 5.56 Å². The van der Waals surface area contributed by atoms with Crippen LogP contribution in [0.15, 0.2) is 12.1 Å². The fraction of sp³-hybridized carbons (Fsp3) is 0.647. The molecule has 1 N–H and O–H groups in total. The maximum absolute atomic E-state index is 3.21. The minimum atomic E-state index is 0.250. The maximum Gasteiger partial charge on any atom is -0.00518 e. The van der Waals surface area contributed by atoms with Gasteiger partial charge in [0.15, 0.2) is 0 Å². The lowest BCUT2D eigenvalue weighted by Crippen LogP contribution is -2.13. The summed E-state index contributed by atoms with van der Waals surface area (Å²) in [6, 6.07) is 4.75. The van der Waals surface area contributed by atoms with E-state index in [-0.39, 0.29) is 5.41 Å². The van der Waals surface area contributed by atoms with E-state index < -0.39 is 0 Å². The van der Waals surface area contributed by atoms with Gasteiger partial charge in [0.1, 0.15) is 0 Å². The third-order valence-electron chi connectivity index (χ3n) is 3.67. The van der Waals surface area contributed by atoms with Gasteiger partial charge in [-0.25, -0.2) is 0 Å². The second-order valence-electron chi connectivity index (χ2n) is 6.40. The summed E-state index contributed by atoms with van der Waals surface area (Å²) in [4.78, 5) is 0. The van der Waals surface area contributed by atoms with E-state index >= 15 is 0 Å². The summed E-state index contributed by atoms with van der Waals surface area (Å²) < 4.78 is 0. The summed E-state index contributed by atoms with van der Waals surface area (Å²) in [6.07, 6.45) is 3.75. The minimum Gasteiger partial charge on any atom is -0.320 e. The Kier molecular flexibility index (Phi) is 5.40. The van der Waals surface area contributed by atoms with Crippen molar-refractivity contribution < 1.29 is 0 Å². The standard InChI is InChI=1S/C17H29N/c1-13-11-15(17(3,4)5)12-14(2)16(13)9-7-8-10-18-6/h11-12,18H,7-10H2,1-6H3. The molecule has 0 heterocycles. The fourth-order valence-corrected chi connectivity index (χ4v) is 2.42. The minimum absolute atomic E-state index is 0.250. The van der Waals surface area contributed by atoms with Crippen molar-refractivity contribution in [2.45, 2.75) is 59.3 Å². The lowest BCUT2D eigenvalue weighted by atomic mass is 9.83. The summed E-state index contributed by atoms with van der Waals surface area (Å²) in [5.74, 6) is 0. The quantitative estimate of drug-likeness (QED) is 0.771. The molecule has 0 saturated heterocycles. The second kappa shape index (κ2) is 6.38. The van der Waals surface area contributed by atoms with Crippen LogP contribution in [0.3, 0.4) is 0 Å². The molecule has 0 atom stereocenters. The normalized spacial score (nSPS) is 11.9. The molecule has 0 aromatic heterocycles. The highest BCUT2D eigenvalue weighted by Crippen LogP contribution is 2.27. The molecule has 0 saturated carbocycles. The first-order valence-corrected chi connectivity index (χ1v) is 7.11. The molecule has 0 fully saturated rings. The number of hydrogen-bond acceptors (Lipinski definition) is 1. The molecule has 0 spiro atoms. The third kappa shape index (κ3) is 4.13. The van der Waals surface area contributed by atoms with Crippen molar-refractivity contribution in [3.8, 4) is 0 Å². The zero-order valence-electron chi connectivity index (χ0n) is 13.0. The van der Waals surface area contributed by atoms with Crippen LogP contribution in [0.1, 0.15) is 55.9 Å². The Morgan fingerprint density at radius 3 is 2.00 bits per heavy atom. The molecule has 18 heavy (non-hydrogen) atoms. The van der Waals surface area contributed by atoms with Gasteiger partial charge in [0.05, 0.1) is 0 Å². The zero-order chi connectivity index (χ0) is 13.8. The summed E-state index contributed by atoms with van der Waals surface area (Å²) >= 11 is 0. The molecule has 1 aromatic rings. The predicted octanol–water partition coefficient (Wildman–Crippen LogP) is 4.14. The molecule has 0 aliphatic carbocycles. The van der Waals surface area contributed by atoms with Crippen molar-refractivity contribution >= 4 is 0 Å². The SMILES string of the molecule is CNCCCCc1c(C)cc(C(C)(C)C)cc1C. The number of benzene rings is 1. The van der Waals surface area contributed by atoms with Gasteiger partial charge in [-0.1, -0.05) is 32.9 Å². The lowest BCUT2D eigenvalue weighted by molar-refractivity contribution is 0.588. The fourth-order valence-electron chi connectivity index (χ4n) is 2.42. The Labute approximate surface area is 113 Å². The number of rotatable bonds is 5. The number of aryl methyl sites for hydroxylation is 2. The van der Waals surface area contributed by atoms with Crippen LogP contribution in [0.4, 0.5) is 0 Å². The molecule has 1 heteroatoms. The van der Waals surface area contributed by atoms with Crippen molar-refractivity contribution in [1.29, 1.82) is 0 Å². The van der Waals surface area contributed by atoms with E-state index in [1.807, 2.05) is 7.05 Å². The highest BCUT2D eigenvalue weighted by Gasteiger charge is 2.15. The molecule has 1 rings (SSSR count). The van der Waals surface area contributed by atoms with Gasteiger partial charge >= 0.3 is 0 Å². The van der Waals surface area contributed by atoms with Crippen LogP contribution in [0.2, 0.25) is 0 Å². The first kappa shape index (κ1) is 15.2. The average molecular weight is 247 g/mol. The van der Waals surface area contributed by atoms with Gasteiger partial charge in [0.2, 0.25) is 0 Å². The maximum atomic E-state index is 3.21. The molecule has 0 bridgehead atoms. The van der Waals surface area contributed by atoms with E-state index in [2.05, 4.69) is 52.1 Å². The lowest BCUT2D eigenvalue weighted by Gasteiger charge is -2.22. The van der Waals surface area contributed by atoms with Crippen molar-refractivity contribution in [3.63, 3.8) is 0 Å². The van der Waals surface area contributed by atoms with Gasteiger partial charge < -0.3 is 5.32 Å². The van der Waals surface area contributed by atoms with Crippen LogP contribution in [-0.2, 0) is 11.8 Å². The second-order valence-corrected chi connectivity index (χ2v) is 6.40. The van der Waals surface area contributed by atoms with Gasteiger partial charge in [0.25, 0.3) is 0 Å². The van der Waals surface area contributed by atoms with E-state index in [9.17, 15) is 0 Å². The van der Waals surface area contributed by atoms with Gasteiger partial charge in [0, 0.05) is 0 Å². The van der Waals surface area contributed by atoms with Gasteiger partial charge in [-0.3, -0.25) is 0 Å². The molecule has 0 aliphatic rings. The molecule has 102 valence electrons. The van der Waals surface area contributed by atoms with Crippen LogP contribution < -0.4 is 5.32 Å². The highest BCUT2D eigenvalue weighted by molar-refractivity contribution is 5.40. The van der Waals surface area contributed by atoms with E-state index in [1.165, 1.54) is 36.0 Å². The monoisotopic (exact) mass is 247 g/mol. The smallest absolute Gasteiger partial charge is 0.00518 e. The van der Waals surface area contributed by atoms with Gasteiger partial charge in [-0.2, -0.15) is 0 Å². The van der Waals surface area contributed by atoms with Gasteiger partial charge in [-0.15, -0.1) is 0 Å². The van der Waals surface area contributed by atoms with E-state index in [0.29, 0.717) is 0 Å². The molecule has 0 unspecified atom stereocenters. The third-order valence-corrected chi connectivity index (χ3v) is 3.67. The Hall–Kier alpha value is -0.820. The average Bonchev–Trinajstić information content (AvgIpc) is 2.25. The Morgan fingerprint density at radius 2 is 1.56 bits per heavy atom. The Morgan fingerprint density at radius 1 is 1.00 bits per heavy atom. The van der Waals surface area contributed by atoms with Crippen LogP contribution in [0, 0.1) is 13.8 Å². The molecule has 0 radical (unpaired) electrons. The summed E-state index contributed by atoms with van der Waals surface area (Å²) in [7, 11) is 2.02. The topological polar surface area (TPSA) is 12.0 Å². The summed E-state index contributed by atoms with van der Waals surface area (Å²) in [5.41, 5.74) is 6.18. The number of unbranched alkanes of at least 4 members (excludes halogenated alkanes) is 1. The molecular weight excluding hydrogens is 218 g/mol.